The molecule has 1 unspecified atom stereocenters. The summed E-state index contributed by atoms with van der Waals surface area (Å²) in [7, 11) is -1.49. The molecule has 1 aromatic carbocycles. The number of likely N-dealkylation sites (tertiary alicyclic amines) is 1. The van der Waals surface area contributed by atoms with Gasteiger partial charge in [-0.25, -0.2) is 4.79 Å². The summed E-state index contributed by atoms with van der Waals surface area (Å²) in [6.07, 6.45) is 2.03. The molecule has 2 heterocycles. The minimum atomic E-state index is -1.49. The van der Waals surface area contributed by atoms with Crippen LogP contribution in [0.3, 0.4) is 0 Å². The molecule has 0 aromatic heterocycles. The summed E-state index contributed by atoms with van der Waals surface area (Å²) in [6.45, 7) is 10.0. The van der Waals surface area contributed by atoms with Crippen LogP contribution >= 0.6 is 15.9 Å². The molecule has 142 valence electrons. The third kappa shape index (κ3) is 3.98. The largest absolute Gasteiger partial charge is 0.450 e. The second-order valence-electron chi connectivity index (χ2n) is 8.37. The molecule has 0 aliphatic carbocycles. The lowest BCUT2D eigenvalue weighted by molar-refractivity contribution is -0.115. The average molecular weight is 439 g/mol. The third-order valence-electron chi connectivity index (χ3n) is 5.57. The number of nitrogens with zero attached hydrogens (tertiary/aromatic N) is 1. The van der Waals surface area contributed by atoms with Crippen molar-refractivity contribution < 1.29 is 14.3 Å². The second kappa shape index (κ2) is 7.35. The van der Waals surface area contributed by atoms with Crippen molar-refractivity contribution in [3.05, 3.63) is 27.7 Å². The van der Waals surface area contributed by atoms with Crippen LogP contribution in [0.15, 0.2) is 16.6 Å². The highest BCUT2D eigenvalue weighted by molar-refractivity contribution is 9.10. The molecule has 0 saturated carbocycles. The molecule has 2 amide bonds. The minimum Gasteiger partial charge on any atom is -0.450 e. The summed E-state index contributed by atoms with van der Waals surface area (Å²) in [5.41, 5.74) is 3.28. The number of anilines is 1. The van der Waals surface area contributed by atoms with E-state index >= 15 is 0 Å². The Hall–Kier alpha value is -1.34. The number of hydrogen-bond acceptors (Lipinski definition) is 3. The molecule has 1 fully saturated rings. The Kier molecular flexibility index (Phi) is 5.49. The molecule has 1 saturated heterocycles. The molecule has 0 spiro atoms. The lowest BCUT2D eigenvalue weighted by Crippen LogP contribution is -2.45. The molecular formula is C19H27BrN2O3Si. The fourth-order valence-electron chi connectivity index (χ4n) is 3.49. The van der Waals surface area contributed by atoms with Crippen molar-refractivity contribution in [3.8, 4) is 0 Å². The summed E-state index contributed by atoms with van der Waals surface area (Å²) >= 11 is 3.66. The molecule has 1 aromatic rings. The fourth-order valence-corrected chi connectivity index (χ4v) is 4.64. The monoisotopic (exact) mass is 438 g/mol. The number of nitrogens with one attached hydrogen (secondary N) is 1. The van der Waals surface area contributed by atoms with Gasteiger partial charge < -0.3 is 15.0 Å². The molecule has 3 rings (SSSR count). The number of carbonyl (C=O) groups is 2. The molecule has 26 heavy (non-hydrogen) atoms. The number of rotatable bonds is 3. The van der Waals surface area contributed by atoms with Crippen LogP contribution in [0.25, 0.3) is 0 Å². The number of benzene rings is 1. The first-order chi connectivity index (χ1) is 12.2. The van der Waals surface area contributed by atoms with Gasteiger partial charge in [0, 0.05) is 23.2 Å². The Morgan fingerprint density at radius 1 is 1.31 bits per heavy atom. The molecule has 7 heteroatoms. The highest BCUT2D eigenvalue weighted by Crippen LogP contribution is 2.40. The highest BCUT2D eigenvalue weighted by atomic mass is 79.9. The standard InChI is InChI=1S/C19H27BrN2O3Si/c1-12(26(2,3)4)25-19(24)22-9-7-13(8-10-22)18-14-11-17(23)21-16(14)6-5-15(18)20/h5-6,12-13H,7-11H2,1-4H3,(H,21,23). The van der Waals surface area contributed by atoms with Gasteiger partial charge >= 0.3 is 6.09 Å². The quantitative estimate of drug-likeness (QED) is 0.705. The predicted molar refractivity (Wildman–Crippen MR) is 109 cm³/mol. The zero-order valence-electron chi connectivity index (χ0n) is 15.9. The smallest absolute Gasteiger partial charge is 0.409 e. The highest BCUT2D eigenvalue weighted by Gasteiger charge is 2.33. The van der Waals surface area contributed by atoms with Crippen LogP contribution in [-0.2, 0) is 16.0 Å². The number of ether oxygens (including phenoxy) is 1. The molecule has 5 nitrogen and oxygen atoms in total. The molecule has 2 aliphatic heterocycles. The van der Waals surface area contributed by atoms with Gasteiger partial charge in [-0.05, 0) is 48.9 Å². The van der Waals surface area contributed by atoms with Gasteiger partial charge in [-0.3, -0.25) is 4.79 Å². The van der Waals surface area contributed by atoms with Crippen molar-refractivity contribution in [1.82, 2.24) is 4.90 Å². The summed E-state index contributed by atoms with van der Waals surface area (Å²) in [5, 5.41) is 2.93. The van der Waals surface area contributed by atoms with E-state index in [1.165, 1.54) is 5.56 Å². The van der Waals surface area contributed by atoms with Crippen LogP contribution < -0.4 is 5.32 Å². The van der Waals surface area contributed by atoms with E-state index in [4.69, 9.17) is 4.74 Å². The third-order valence-corrected chi connectivity index (χ3v) is 8.82. The van der Waals surface area contributed by atoms with Crippen molar-refractivity contribution in [2.24, 2.45) is 0 Å². The van der Waals surface area contributed by atoms with E-state index in [1.807, 2.05) is 24.0 Å². The van der Waals surface area contributed by atoms with Gasteiger partial charge in [0.1, 0.15) is 0 Å². The van der Waals surface area contributed by atoms with E-state index in [0.717, 1.165) is 28.6 Å². The number of halogens is 1. The van der Waals surface area contributed by atoms with Crippen LogP contribution in [0.2, 0.25) is 19.6 Å². The normalized spacial score (nSPS) is 19.1. The van der Waals surface area contributed by atoms with Gasteiger partial charge in [-0.2, -0.15) is 0 Å². The zero-order chi connectivity index (χ0) is 19.1. The van der Waals surface area contributed by atoms with Crippen molar-refractivity contribution in [2.45, 2.75) is 57.5 Å². The number of piperidine rings is 1. The average Bonchev–Trinajstić information content (AvgIpc) is 2.94. The van der Waals surface area contributed by atoms with Gasteiger partial charge in [-0.1, -0.05) is 35.6 Å². The SMILES string of the molecule is CC(OC(=O)N1CCC(c2c(Br)ccc3c2CC(=O)N3)CC1)[Si](C)(C)C. The van der Waals surface area contributed by atoms with Gasteiger partial charge in [0.15, 0.2) is 0 Å². The van der Waals surface area contributed by atoms with Crippen molar-refractivity contribution >= 4 is 41.7 Å². The lowest BCUT2D eigenvalue weighted by Gasteiger charge is -2.34. The fraction of sp³-hybridized carbons (Fsp3) is 0.579. The Morgan fingerprint density at radius 2 is 1.96 bits per heavy atom. The predicted octanol–water partition coefficient (Wildman–Crippen LogP) is 4.53. The van der Waals surface area contributed by atoms with Crippen molar-refractivity contribution in [3.63, 3.8) is 0 Å². The second-order valence-corrected chi connectivity index (χ2v) is 14.8. The van der Waals surface area contributed by atoms with Crippen molar-refractivity contribution in [1.29, 1.82) is 0 Å². The van der Waals surface area contributed by atoms with Gasteiger partial charge in [0.05, 0.1) is 20.2 Å². The van der Waals surface area contributed by atoms with E-state index in [0.29, 0.717) is 25.4 Å². The van der Waals surface area contributed by atoms with Gasteiger partial charge in [0.25, 0.3) is 0 Å². The topological polar surface area (TPSA) is 58.6 Å². The zero-order valence-corrected chi connectivity index (χ0v) is 18.5. The van der Waals surface area contributed by atoms with Crippen LogP contribution in [0, 0.1) is 0 Å². The summed E-state index contributed by atoms with van der Waals surface area (Å²) < 4.78 is 6.75. The Labute approximate surface area is 164 Å². The number of hydrogen-bond donors (Lipinski definition) is 1. The molecular weight excluding hydrogens is 412 g/mol. The molecule has 0 radical (unpaired) electrons. The Bertz CT molecular complexity index is 724. The number of fused-ring (bicyclic) bond motifs is 1. The van der Waals surface area contributed by atoms with Gasteiger partial charge in [-0.15, -0.1) is 0 Å². The van der Waals surface area contributed by atoms with E-state index in [-0.39, 0.29) is 17.7 Å². The van der Waals surface area contributed by atoms with Crippen LogP contribution in [0.4, 0.5) is 10.5 Å². The van der Waals surface area contributed by atoms with Crippen molar-refractivity contribution in [2.75, 3.05) is 18.4 Å². The maximum atomic E-state index is 12.5. The molecule has 2 aliphatic rings. The Balaban J connectivity index is 1.66. The van der Waals surface area contributed by atoms with Crippen LogP contribution in [0.5, 0.6) is 0 Å². The number of amides is 2. The first kappa shape index (κ1) is 19.4. The van der Waals surface area contributed by atoms with E-state index in [1.54, 1.807) is 0 Å². The maximum absolute atomic E-state index is 12.5. The molecule has 1 atom stereocenters. The first-order valence-electron chi connectivity index (χ1n) is 9.23. The number of carbonyl (C=O) groups excluding carboxylic acids is 2. The summed E-state index contributed by atoms with van der Waals surface area (Å²) in [6, 6.07) is 3.97. The minimum absolute atomic E-state index is 0.0105. The first-order valence-corrected chi connectivity index (χ1v) is 13.6. The molecule has 1 N–H and O–H groups in total. The molecule has 0 bridgehead atoms. The van der Waals surface area contributed by atoms with E-state index in [2.05, 4.69) is 40.9 Å². The van der Waals surface area contributed by atoms with E-state index in [9.17, 15) is 9.59 Å². The Morgan fingerprint density at radius 3 is 2.58 bits per heavy atom. The summed E-state index contributed by atoms with van der Waals surface area (Å²) in [4.78, 5) is 26.1. The van der Waals surface area contributed by atoms with Crippen LogP contribution in [-0.4, -0.2) is 43.8 Å². The van der Waals surface area contributed by atoms with E-state index < -0.39 is 8.07 Å². The maximum Gasteiger partial charge on any atom is 0.409 e. The van der Waals surface area contributed by atoms with Crippen LogP contribution in [0.1, 0.15) is 36.8 Å². The summed E-state index contributed by atoms with van der Waals surface area (Å²) in [5.74, 6) is 0.409. The lowest BCUT2D eigenvalue weighted by atomic mass is 9.86. The van der Waals surface area contributed by atoms with Gasteiger partial charge in [0.2, 0.25) is 5.91 Å².